The van der Waals surface area contributed by atoms with Gasteiger partial charge in [-0.2, -0.15) is 0 Å². The van der Waals surface area contributed by atoms with Crippen molar-refractivity contribution in [2.45, 2.75) is 32.8 Å². The van der Waals surface area contributed by atoms with E-state index in [0.717, 1.165) is 12.8 Å². The third kappa shape index (κ3) is 6.58. The second kappa shape index (κ2) is 7.53. The SMILES string of the molecule is CC(C)CCCOC(CO)CO. The average molecular weight is 176 g/mol. The molecule has 0 bridgehead atoms. The maximum absolute atomic E-state index is 8.65. The van der Waals surface area contributed by atoms with Gasteiger partial charge in [0.05, 0.1) is 13.2 Å². The summed E-state index contributed by atoms with van der Waals surface area (Å²) < 4.78 is 5.19. The van der Waals surface area contributed by atoms with E-state index in [1.54, 1.807) is 0 Å². The van der Waals surface area contributed by atoms with Crippen LogP contribution < -0.4 is 0 Å². The first-order valence-corrected chi connectivity index (χ1v) is 4.54. The average Bonchev–Trinajstić information content (AvgIpc) is 2.04. The van der Waals surface area contributed by atoms with E-state index < -0.39 is 6.10 Å². The Morgan fingerprint density at radius 3 is 2.17 bits per heavy atom. The fourth-order valence-electron chi connectivity index (χ4n) is 0.905. The van der Waals surface area contributed by atoms with Crippen LogP contribution in [0.1, 0.15) is 26.7 Å². The summed E-state index contributed by atoms with van der Waals surface area (Å²) in [6.07, 6.45) is 1.73. The lowest BCUT2D eigenvalue weighted by Gasteiger charge is -2.12. The van der Waals surface area contributed by atoms with Gasteiger partial charge in [-0.3, -0.25) is 0 Å². The molecule has 0 amide bonds. The Hall–Kier alpha value is -0.120. The molecule has 0 fully saturated rings. The molecule has 0 aromatic rings. The largest absolute Gasteiger partial charge is 0.394 e. The van der Waals surface area contributed by atoms with Gasteiger partial charge in [-0.15, -0.1) is 0 Å². The summed E-state index contributed by atoms with van der Waals surface area (Å²) in [6.45, 7) is 4.76. The van der Waals surface area contributed by atoms with Crippen LogP contribution >= 0.6 is 0 Å². The van der Waals surface area contributed by atoms with E-state index in [1.807, 2.05) is 0 Å². The summed E-state index contributed by atoms with van der Waals surface area (Å²) in [5, 5.41) is 17.3. The van der Waals surface area contributed by atoms with E-state index in [2.05, 4.69) is 13.8 Å². The summed E-state index contributed by atoms with van der Waals surface area (Å²) in [7, 11) is 0. The minimum absolute atomic E-state index is 0.0990. The molecule has 0 rings (SSSR count). The molecule has 3 heteroatoms. The molecule has 0 saturated carbocycles. The number of hydrogen-bond donors (Lipinski definition) is 2. The van der Waals surface area contributed by atoms with Gasteiger partial charge in [-0.1, -0.05) is 13.8 Å². The minimum Gasteiger partial charge on any atom is -0.394 e. The monoisotopic (exact) mass is 176 g/mol. The summed E-state index contributed by atoms with van der Waals surface area (Å²) in [4.78, 5) is 0. The molecule has 0 aromatic carbocycles. The molecule has 12 heavy (non-hydrogen) atoms. The van der Waals surface area contributed by atoms with Gasteiger partial charge in [0.2, 0.25) is 0 Å². The summed E-state index contributed by atoms with van der Waals surface area (Å²) in [5.74, 6) is 0.690. The molecule has 0 spiro atoms. The first kappa shape index (κ1) is 11.9. The summed E-state index contributed by atoms with van der Waals surface area (Å²) >= 11 is 0. The topological polar surface area (TPSA) is 49.7 Å². The number of aliphatic hydroxyl groups is 2. The van der Waals surface area contributed by atoms with Crippen LogP contribution in [0.4, 0.5) is 0 Å². The van der Waals surface area contributed by atoms with Gasteiger partial charge in [0.1, 0.15) is 6.10 Å². The Bertz CT molecular complexity index is 89.8. The van der Waals surface area contributed by atoms with Crippen LogP contribution in [0.3, 0.4) is 0 Å². The smallest absolute Gasteiger partial charge is 0.104 e. The van der Waals surface area contributed by atoms with Crippen molar-refractivity contribution in [3.05, 3.63) is 0 Å². The Balaban J connectivity index is 3.17. The van der Waals surface area contributed by atoms with E-state index >= 15 is 0 Å². The summed E-state index contributed by atoms with van der Waals surface area (Å²) in [6, 6.07) is 0. The van der Waals surface area contributed by atoms with Crippen LogP contribution in [0.5, 0.6) is 0 Å². The van der Waals surface area contributed by atoms with Crippen molar-refractivity contribution in [3.63, 3.8) is 0 Å². The van der Waals surface area contributed by atoms with E-state index in [-0.39, 0.29) is 13.2 Å². The second-order valence-corrected chi connectivity index (χ2v) is 3.39. The molecule has 74 valence electrons. The van der Waals surface area contributed by atoms with Crippen molar-refractivity contribution in [1.29, 1.82) is 0 Å². The molecule has 0 aliphatic rings. The summed E-state index contributed by atoms with van der Waals surface area (Å²) in [5.41, 5.74) is 0. The highest BCUT2D eigenvalue weighted by molar-refractivity contribution is 4.52. The molecule has 0 aromatic heterocycles. The molecule has 0 saturated heterocycles. The van der Waals surface area contributed by atoms with Gasteiger partial charge in [0, 0.05) is 6.61 Å². The lowest BCUT2D eigenvalue weighted by atomic mass is 10.1. The molecule has 0 radical (unpaired) electrons. The van der Waals surface area contributed by atoms with Crippen molar-refractivity contribution in [2.24, 2.45) is 5.92 Å². The number of ether oxygens (including phenoxy) is 1. The van der Waals surface area contributed by atoms with E-state index in [1.165, 1.54) is 0 Å². The minimum atomic E-state index is -0.392. The number of aliphatic hydroxyl groups excluding tert-OH is 2. The van der Waals surface area contributed by atoms with E-state index in [4.69, 9.17) is 14.9 Å². The first-order chi connectivity index (χ1) is 5.70. The van der Waals surface area contributed by atoms with Crippen molar-refractivity contribution < 1.29 is 14.9 Å². The maximum Gasteiger partial charge on any atom is 0.104 e. The molecule has 0 heterocycles. The standard InChI is InChI=1S/C9H20O3/c1-8(2)4-3-5-12-9(6-10)7-11/h8-11H,3-7H2,1-2H3. The van der Waals surface area contributed by atoms with Crippen molar-refractivity contribution >= 4 is 0 Å². The van der Waals surface area contributed by atoms with Crippen LogP contribution in [0, 0.1) is 5.92 Å². The van der Waals surface area contributed by atoms with Crippen molar-refractivity contribution in [2.75, 3.05) is 19.8 Å². The Morgan fingerprint density at radius 2 is 1.75 bits per heavy atom. The third-order valence-electron chi connectivity index (χ3n) is 1.69. The van der Waals surface area contributed by atoms with E-state index in [9.17, 15) is 0 Å². The van der Waals surface area contributed by atoms with Crippen LogP contribution in [0.25, 0.3) is 0 Å². The fourth-order valence-corrected chi connectivity index (χ4v) is 0.905. The highest BCUT2D eigenvalue weighted by Gasteiger charge is 2.04. The van der Waals surface area contributed by atoms with Crippen molar-refractivity contribution in [1.82, 2.24) is 0 Å². The van der Waals surface area contributed by atoms with Gasteiger partial charge in [-0.25, -0.2) is 0 Å². The molecular weight excluding hydrogens is 156 g/mol. The molecule has 0 aliphatic carbocycles. The number of rotatable bonds is 7. The lowest BCUT2D eigenvalue weighted by molar-refractivity contribution is -0.0213. The van der Waals surface area contributed by atoms with Gasteiger partial charge >= 0.3 is 0 Å². The highest BCUT2D eigenvalue weighted by atomic mass is 16.5. The van der Waals surface area contributed by atoms with E-state index in [0.29, 0.717) is 12.5 Å². The van der Waals surface area contributed by atoms with Gasteiger partial charge in [0.15, 0.2) is 0 Å². The zero-order valence-electron chi connectivity index (χ0n) is 7.99. The number of hydrogen-bond acceptors (Lipinski definition) is 3. The zero-order chi connectivity index (χ0) is 9.40. The zero-order valence-corrected chi connectivity index (χ0v) is 7.99. The van der Waals surface area contributed by atoms with Crippen LogP contribution in [0.2, 0.25) is 0 Å². The molecule has 0 aliphatic heterocycles. The lowest BCUT2D eigenvalue weighted by Crippen LogP contribution is -2.22. The normalized spacial score (nSPS) is 11.5. The third-order valence-corrected chi connectivity index (χ3v) is 1.69. The van der Waals surface area contributed by atoms with Gasteiger partial charge in [0.25, 0.3) is 0 Å². The quantitative estimate of drug-likeness (QED) is 0.564. The molecule has 0 unspecified atom stereocenters. The molecular formula is C9H20O3. The van der Waals surface area contributed by atoms with Gasteiger partial charge in [-0.05, 0) is 18.8 Å². The Morgan fingerprint density at radius 1 is 1.17 bits per heavy atom. The first-order valence-electron chi connectivity index (χ1n) is 4.54. The highest BCUT2D eigenvalue weighted by Crippen LogP contribution is 2.04. The molecule has 3 nitrogen and oxygen atoms in total. The predicted molar refractivity (Wildman–Crippen MR) is 48.0 cm³/mol. The van der Waals surface area contributed by atoms with Crippen LogP contribution in [-0.2, 0) is 4.74 Å². The fraction of sp³-hybridized carbons (Fsp3) is 1.00. The molecule has 2 N–H and O–H groups in total. The van der Waals surface area contributed by atoms with Crippen LogP contribution in [0.15, 0.2) is 0 Å². The van der Waals surface area contributed by atoms with Crippen molar-refractivity contribution in [3.8, 4) is 0 Å². The molecule has 0 atom stereocenters. The second-order valence-electron chi connectivity index (χ2n) is 3.39. The van der Waals surface area contributed by atoms with Gasteiger partial charge < -0.3 is 14.9 Å². The van der Waals surface area contributed by atoms with Crippen LogP contribution in [-0.4, -0.2) is 36.1 Å². The Kier molecular flexibility index (Phi) is 7.45. The maximum atomic E-state index is 8.65. The predicted octanol–water partition coefficient (Wildman–Crippen LogP) is 0.792. The Labute approximate surface area is 74.4 Å².